The van der Waals surface area contributed by atoms with Crippen LogP contribution in [0.4, 0.5) is 11.4 Å². The first-order valence-corrected chi connectivity index (χ1v) is 10.9. The maximum absolute atomic E-state index is 12.9. The Hall–Kier alpha value is -2.29. The number of hydrogen-bond acceptors (Lipinski definition) is 5. The molecule has 2 aliphatic rings. The predicted octanol–water partition coefficient (Wildman–Crippen LogP) is 2.03. The van der Waals surface area contributed by atoms with Gasteiger partial charge in [-0.3, -0.25) is 4.79 Å². The summed E-state index contributed by atoms with van der Waals surface area (Å²) in [6.45, 7) is 4.20. The summed E-state index contributed by atoms with van der Waals surface area (Å²) >= 11 is 6.06. The zero-order valence-electron chi connectivity index (χ0n) is 15.4. The molecular formula is C19H21ClN4O3S. The number of halogens is 1. The van der Waals surface area contributed by atoms with Crippen LogP contribution in [0.5, 0.6) is 0 Å². The van der Waals surface area contributed by atoms with Crippen molar-refractivity contribution in [3.63, 3.8) is 0 Å². The minimum absolute atomic E-state index is 0.160. The molecule has 28 heavy (non-hydrogen) atoms. The molecule has 2 N–H and O–H groups in total. The van der Waals surface area contributed by atoms with E-state index in [0.717, 1.165) is 11.3 Å². The van der Waals surface area contributed by atoms with Crippen LogP contribution < -0.4 is 14.9 Å². The van der Waals surface area contributed by atoms with Crippen molar-refractivity contribution in [1.29, 1.82) is 0 Å². The fourth-order valence-corrected chi connectivity index (χ4v) is 4.98. The molecule has 1 fully saturated rings. The van der Waals surface area contributed by atoms with Crippen molar-refractivity contribution in [2.45, 2.75) is 18.0 Å². The van der Waals surface area contributed by atoms with Crippen molar-refractivity contribution in [2.24, 2.45) is 0 Å². The number of rotatable bonds is 2. The molecule has 0 bridgehead atoms. The zero-order valence-corrected chi connectivity index (χ0v) is 16.9. The number of amides is 1. The van der Waals surface area contributed by atoms with E-state index in [2.05, 4.69) is 14.9 Å². The number of sulfonamides is 1. The second-order valence-corrected chi connectivity index (χ2v) is 9.11. The second-order valence-electron chi connectivity index (χ2n) is 6.99. The standard InChI is InChI=1S/C19H21ClN4O3S/c1-13-5-6-17-16(11-13)21-18(22-28(17,26)27)19(25)24-9-7-23(8-10-24)15-4-2-3-14(20)12-15/h2-6,11-12,18,21-22H,7-10H2,1H3/t18-/m1/s1. The van der Waals surface area contributed by atoms with E-state index in [9.17, 15) is 13.2 Å². The van der Waals surface area contributed by atoms with E-state index in [1.165, 1.54) is 0 Å². The number of fused-ring (bicyclic) bond motifs is 1. The van der Waals surface area contributed by atoms with Crippen LogP contribution in [0, 0.1) is 6.92 Å². The van der Waals surface area contributed by atoms with Gasteiger partial charge in [-0.15, -0.1) is 0 Å². The molecule has 1 saturated heterocycles. The average molecular weight is 421 g/mol. The average Bonchev–Trinajstić information content (AvgIpc) is 2.66. The van der Waals surface area contributed by atoms with Gasteiger partial charge in [-0.2, -0.15) is 4.72 Å². The normalized spacial score (nSPS) is 21.0. The molecule has 1 amide bonds. The lowest BCUT2D eigenvalue weighted by Crippen LogP contribution is -2.58. The van der Waals surface area contributed by atoms with Gasteiger partial charge in [0.15, 0.2) is 6.17 Å². The molecule has 148 valence electrons. The van der Waals surface area contributed by atoms with Gasteiger partial charge < -0.3 is 15.1 Å². The molecule has 0 radical (unpaired) electrons. The Morgan fingerprint density at radius 3 is 2.57 bits per heavy atom. The van der Waals surface area contributed by atoms with Gasteiger partial charge in [0.2, 0.25) is 10.0 Å². The van der Waals surface area contributed by atoms with Crippen LogP contribution in [-0.2, 0) is 14.8 Å². The lowest BCUT2D eigenvalue weighted by atomic mass is 10.2. The lowest BCUT2D eigenvalue weighted by molar-refractivity contribution is -0.132. The van der Waals surface area contributed by atoms with Gasteiger partial charge in [-0.1, -0.05) is 23.7 Å². The van der Waals surface area contributed by atoms with Crippen LogP contribution in [0.25, 0.3) is 0 Å². The van der Waals surface area contributed by atoms with Gasteiger partial charge in [0.05, 0.1) is 5.69 Å². The predicted molar refractivity (Wildman–Crippen MR) is 109 cm³/mol. The number of nitrogens with one attached hydrogen (secondary N) is 2. The Morgan fingerprint density at radius 1 is 1.11 bits per heavy atom. The first-order valence-electron chi connectivity index (χ1n) is 9.02. The monoisotopic (exact) mass is 420 g/mol. The fourth-order valence-electron chi connectivity index (χ4n) is 3.55. The third-order valence-electron chi connectivity index (χ3n) is 5.01. The molecule has 4 rings (SSSR count). The van der Waals surface area contributed by atoms with Crippen LogP contribution in [0.3, 0.4) is 0 Å². The van der Waals surface area contributed by atoms with Crippen LogP contribution in [-0.4, -0.2) is 51.6 Å². The zero-order chi connectivity index (χ0) is 19.9. The van der Waals surface area contributed by atoms with Crippen molar-refractivity contribution in [1.82, 2.24) is 9.62 Å². The molecule has 2 aliphatic heterocycles. The maximum atomic E-state index is 12.9. The molecule has 0 aliphatic carbocycles. The number of anilines is 2. The lowest BCUT2D eigenvalue weighted by Gasteiger charge is -2.38. The molecule has 0 unspecified atom stereocenters. The van der Waals surface area contributed by atoms with Crippen molar-refractivity contribution < 1.29 is 13.2 Å². The van der Waals surface area contributed by atoms with Gasteiger partial charge >= 0.3 is 0 Å². The Kier molecular flexibility index (Phi) is 4.95. The van der Waals surface area contributed by atoms with Gasteiger partial charge in [-0.25, -0.2) is 8.42 Å². The molecule has 2 aromatic carbocycles. The van der Waals surface area contributed by atoms with Crippen LogP contribution in [0.15, 0.2) is 47.4 Å². The largest absolute Gasteiger partial charge is 0.368 e. The Balaban J connectivity index is 1.46. The quantitative estimate of drug-likeness (QED) is 0.776. The fraction of sp³-hybridized carbons (Fsp3) is 0.316. The summed E-state index contributed by atoms with van der Waals surface area (Å²) in [6.07, 6.45) is -1.00. The third-order valence-corrected chi connectivity index (χ3v) is 6.73. The van der Waals surface area contributed by atoms with E-state index in [4.69, 9.17) is 11.6 Å². The summed E-state index contributed by atoms with van der Waals surface area (Å²) < 4.78 is 27.5. The maximum Gasteiger partial charge on any atom is 0.261 e. The number of carbonyl (C=O) groups excluding carboxylic acids is 1. The number of piperazine rings is 1. The molecule has 9 heteroatoms. The third kappa shape index (κ3) is 3.67. The Morgan fingerprint density at radius 2 is 1.86 bits per heavy atom. The van der Waals surface area contributed by atoms with Crippen molar-refractivity contribution >= 4 is 38.9 Å². The molecule has 7 nitrogen and oxygen atoms in total. The highest BCUT2D eigenvalue weighted by atomic mass is 35.5. The highest BCUT2D eigenvalue weighted by Gasteiger charge is 2.36. The van der Waals surface area contributed by atoms with Gasteiger partial charge in [-0.05, 0) is 42.8 Å². The molecular weight excluding hydrogens is 400 g/mol. The van der Waals surface area contributed by atoms with Crippen molar-refractivity contribution in [3.8, 4) is 0 Å². The van der Waals surface area contributed by atoms with Crippen LogP contribution >= 0.6 is 11.6 Å². The van der Waals surface area contributed by atoms with E-state index in [1.54, 1.807) is 23.1 Å². The van der Waals surface area contributed by atoms with Gasteiger partial charge in [0.25, 0.3) is 5.91 Å². The van der Waals surface area contributed by atoms with E-state index in [0.29, 0.717) is 36.9 Å². The summed E-state index contributed by atoms with van der Waals surface area (Å²) in [7, 11) is -3.74. The summed E-state index contributed by atoms with van der Waals surface area (Å²) in [5, 5.41) is 3.70. The first kappa shape index (κ1) is 19.0. The van der Waals surface area contributed by atoms with Gasteiger partial charge in [0.1, 0.15) is 4.90 Å². The van der Waals surface area contributed by atoms with Crippen molar-refractivity contribution in [3.05, 3.63) is 53.1 Å². The Labute approximate surface area is 169 Å². The van der Waals surface area contributed by atoms with E-state index < -0.39 is 16.2 Å². The highest BCUT2D eigenvalue weighted by Crippen LogP contribution is 2.27. The Bertz CT molecular complexity index is 1020. The van der Waals surface area contributed by atoms with E-state index >= 15 is 0 Å². The van der Waals surface area contributed by atoms with Crippen LogP contribution in [0.2, 0.25) is 5.02 Å². The van der Waals surface area contributed by atoms with Gasteiger partial charge in [0, 0.05) is 36.9 Å². The minimum Gasteiger partial charge on any atom is -0.368 e. The van der Waals surface area contributed by atoms with E-state index in [1.807, 2.05) is 31.2 Å². The van der Waals surface area contributed by atoms with E-state index in [-0.39, 0.29) is 10.8 Å². The minimum atomic E-state index is -3.74. The molecule has 1 atom stereocenters. The van der Waals surface area contributed by atoms with Crippen molar-refractivity contribution in [2.75, 3.05) is 36.4 Å². The molecule has 0 spiro atoms. The summed E-state index contributed by atoms with van der Waals surface area (Å²) in [4.78, 5) is 16.9. The summed E-state index contributed by atoms with van der Waals surface area (Å²) in [6, 6.07) is 12.6. The molecule has 0 aromatic heterocycles. The molecule has 2 aromatic rings. The summed E-state index contributed by atoms with van der Waals surface area (Å²) in [5.74, 6) is -0.276. The number of nitrogens with zero attached hydrogens (tertiary/aromatic N) is 2. The number of carbonyl (C=O) groups is 1. The highest BCUT2D eigenvalue weighted by molar-refractivity contribution is 7.89. The number of aryl methyl sites for hydroxylation is 1. The number of benzene rings is 2. The molecule has 0 saturated carbocycles. The SMILES string of the molecule is Cc1ccc2c(c1)N[C@@H](C(=O)N1CCN(c3cccc(Cl)c3)CC1)NS2(=O)=O. The number of hydrogen-bond donors (Lipinski definition) is 2. The second kappa shape index (κ2) is 7.27. The summed E-state index contributed by atoms with van der Waals surface area (Å²) in [5.41, 5.74) is 2.39. The topological polar surface area (TPSA) is 81.8 Å². The molecule has 2 heterocycles. The van der Waals surface area contributed by atoms with Crippen LogP contribution in [0.1, 0.15) is 5.56 Å². The smallest absolute Gasteiger partial charge is 0.261 e. The first-order chi connectivity index (χ1) is 13.3.